The highest BCUT2D eigenvalue weighted by molar-refractivity contribution is 7.66. The minimum Gasteiger partial charge on any atom is -0.391 e. The van der Waals surface area contributed by atoms with E-state index in [1.165, 1.54) is 6.92 Å². The normalized spacial score (nSPS) is 25.7. The average molecular weight is 651 g/mol. The van der Waals surface area contributed by atoms with Crippen molar-refractivity contribution < 1.29 is 76.1 Å². The van der Waals surface area contributed by atoms with Crippen LogP contribution < -0.4 is 16.4 Å². The fraction of sp³-hybridized carbons (Fsp3) is 0.533. The summed E-state index contributed by atoms with van der Waals surface area (Å²) in [7, 11) is -16.9. The van der Waals surface area contributed by atoms with Gasteiger partial charge in [0.05, 0.1) is 19.0 Å². The average Bonchev–Trinajstić information content (AvgIpc) is 3.36. The molecule has 0 spiro atoms. The van der Waals surface area contributed by atoms with E-state index in [-0.39, 0.29) is 17.0 Å². The molecule has 26 heteroatoms. The van der Waals surface area contributed by atoms with Crippen molar-refractivity contribution in [2.75, 3.05) is 11.9 Å². The lowest BCUT2D eigenvalue weighted by Crippen LogP contribution is -2.50. The molecule has 0 saturated carbocycles. The van der Waals surface area contributed by atoms with Crippen molar-refractivity contribution in [3.63, 3.8) is 0 Å². The Bertz CT molecular complexity index is 1430. The van der Waals surface area contributed by atoms with E-state index in [4.69, 9.17) is 20.3 Å². The number of carbonyl (C=O) groups is 2. The molecular formula is C15H24N7O16P3. The minimum absolute atomic E-state index is 0.0768. The summed E-state index contributed by atoms with van der Waals surface area (Å²) >= 11 is 0. The summed E-state index contributed by atoms with van der Waals surface area (Å²) in [5.74, 6) is -1.21. The fourth-order valence-corrected chi connectivity index (χ4v) is 6.28. The van der Waals surface area contributed by atoms with Gasteiger partial charge in [0.2, 0.25) is 5.91 Å². The Labute approximate surface area is 227 Å². The van der Waals surface area contributed by atoms with Crippen LogP contribution in [0.4, 0.5) is 10.6 Å². The van der Waals surface area contributed by atoms with Crippen LogP contribution in [0.2, 0.25) is 0 Å². The molecule has 3 heterocycles. The number of urea groups is 1. The third kappa shape index (κ3) is 8.61. The number of fused-ring (bicyclic) bond motifs is 1. The molecule has 2 aromatic heterocycles. The van der Waals surface area contributed by atoms with Crippen LogP contribution >= 0.6 is 23.5 Å². The third-order valence-corrected chi connectivity index (χ3v) is 8.88. The SMILES string of the molecule is C[C@@H](O)[C@H](N)C(=O)NC(=O)Nc1ncnc2c1ncn2[C@@H]1O[C@H](COP(=O)(O)OP(=O)(O)OP(=O)(O)O)[C@@H](O)[C@H]1O. The van der Waals surface area contributed by atoms with Gasteiger partial charge in [-0.05, 0) is 6.92 Å². The van der Waals surface area contributed by atoms with Gasteiger partial charge in [-0.25, -0.2) is 33.4 Å². The number of nitrogens with two attached hydrogens (primary N) is 1. The van der Waals surface area contributed by atoms with Crippen LogP contribution in [0.1, 0.15) is 13.2 Å². The highest BCUT2D eigenvalue weighted by Gasteiger charge is 2.47. The number of nitrogens with one attached hydrogen (secondary N) is 2. The Morgan fingerprint density at radius 1 is 1.10 bits per heavy atom. The number of hydrogen-bond donors (Lipinski definition) is 10. The number of aliphatic hydroxyl groups excluding tert-OH is 3. The number of nitrogens with zero attached hydrogens (tertiary/aromatic N) is 4. The summed E-state index contributed by atoms with van der Waals surface area (Å²) < 4.78 is 52.2. The summed E-state index contributed by atoms with van der Waals surface area (Å²) in [6.07, 6.45) is -5.86. The number of phosphoric acid groups is 3. The molecule has 8 atom stereocenters. The van der Waals surface area contributed by atoms with Gasteiger partial charge in [-0.15, -0.1) is 0 Å². The number of hydrogen-bond acceptors (Lipinski definition) is 16. The number of imidazole rings is 1. The molecule has 3 amide bonds. The van der Waals surface area contributed by atoms with Gasteiger partial charge in [0.1, 0.15) is 30.7 Å². The molecule has 1 saturated heterocycles. The van der Waals surface area contributed by atoms with Crippen LogP contribution in [-0.4, -0.2) is 103 Å². The van der Waals surface area contributed by atoms with Crippen LogP contribution in [0.3, 0.4) is 0 Å². The first-order chi connectivity index (χ1) is 18.8. The van der Waals surface area contributed by atoms with Crippen molar-refractivity contribution in [1.82, 2.24) is 24.8 Å². The predicted molar refractivity (Wildman–Crippen MR) is 128 cm³/mol. The topological polar surface area (TPSA) is 358 Å². The van der Waals surface area contributed by atoms with Crippen molar-refractivity contribution in [3.05, 3.63) is 12.7 Å². The van der Waals surface area contributed by atoms with E-state index in [1.54, 1.807) is 0 Å². The Morgan fingerprint density at radius 3 is 2.37 bits per heavy atom. The zero-order valence-corrected chi connectivity index (χ0v) is 23.0. The molecule has 0 bridgehead atoms. The molecule has 0 aliphatic carbocycles. The largest absolute Gasteiger partial charge is 0.490 e. The lowest BCUT2D eigenvalue weighted by molar-refractivity contribution is -0.123. The number of imide groups is 1. The van der Waals surface area contributed by atoms with Gasteiger partial charge in [0, 0.05) is 0 Å². The van der Waals surface area contributed by atoms with Gasteiger partial charge < -0.3 is 45.4 Å². The van der Waals surface area contributed by atoms with E-state index in [9.17, 15) is 48.4 Å². The van der Waals surface area contributed by atoms with Gasteiger partial charge in [-0.3, -0.25) is 24.5 Å². The van der Waals surface area contributed by atoms with E-state index in [0.29, 0.717) is 0 Å². The van der Waals surface area contributed by atoms with E-state index in [2.05, 4.69) is 33.4 Å². The second-order valence-corrected chi connectivity index (χ2v) is 12.6. The summed E-state index contributed by atoms with van der Waals surface area (Å²) in [5.41, 5.74) is 5.29. The van der Waals surface area contributed by atoms with Gasteiger partial charge in [-0.1, -0.05) is 0 Å². The molecule has 0 aromatic carbocycles. The zero-order chi connectivity index (χ0) is 30.9. The second kappa shape index (κ2) is 12.5. The number of amides is 3. The van der Waals surface area contributed by atoms with Gasteiger partial charge in [0.15, 0.2) is 23.2 Å². The maximum Gasteiger partial charge on any atom is 0.490 e. The molecule has 2 aromatic rings. The second-order valence-electron chi connectivity index (χ2n) is 8.19. The highest BCUT2D eigenvalue weighted by Crippen LogP contribution is 2.66. The third-order valence-electron chi connectivity index (χ3n) is 5.08. The van der Waals surface area contributed by atoms with Crippen molar-refractivity contribution in [1.29, 1.82) is 0 Å². The van der Waals surface area contributed by atoms with Crippen molar-refractivity contribution in [3.8, 4) is 0 Å². The first-order valence-electron chi connectivity index (χ1n) is 10.8. The van der Waals surface area contributed by atoms with E-state index in [0.717, 1.165) is 17.2 Å². The molecule has 1 aliphatic heterocycles. The Morgan fingerprint density at radius 2 is 1.76 bits per heavy atom. The predicted octanol–water partition coefficient (Wildman–Crippen LogP) is -2.85. The molecule has 1 fully saturated rings. The minimum atomic E-state index is -5.79. The summed E-state index contributed by atoms with van der Waals surface area (Å²) in [5, 5.41) is 34.3. The molecule has 23 nitrogen and oxygen atoms in total. The van der Waals surface area contributed by atoms with Crippen molar-refractivity contribution >= 4 is 52.4 Å². The van der Waals surface area contributed by atoms with Gasteiger partial charge in [-0.2, -0.15) is 8.62 Å². The number of aromatic nitrogens is 4. The van der Waals surface area contributed by atoms with Crippen LogP contribution in [0.5, 0.6) is 0 Å². The lowest BCUT2D eigenvalue weighted by Gasteiger charge is -2.19. The lowest BCUT2D eigenvalue weighted by atomic mass is 10.1. The fourth-order valence-electron chi connectivity index (χ4n) is 3.25. The smallest absolute Gasteiger partial charge is 0.391 e. The zero-order valence-electron chi connectivity index (χ0n) is 20.3. The number of rotatable bonds is 11. The van der Waals surface area contributed by atoms with Crippen LogP contribution in [0.15, 0.2) is 12.7 Å². The number of anilines is 1. The standard InChI is InChI=1S/C15H24N7O16P3/c1-5(23)7(16)13(26)21-15(27)20-11-8-12(18-3-17-11)22(4-19-8)14-10(25)9(24)6(36-14)2-35-40(31,32)38-41(33,34)37-39(28,29)30/h3-7,9-10,14,23-25H,2,16H2,1H3,(H,31,32)(H,33,34)(H2,28,29,30)(H2,17,18,20,21,26,27)/t5-,6-,7+,9-,10-,14-/m1/s1. The maximum absolute atomic E-state index is 12.2. The molecule has 0 radical (unpaired) electrons. The number of phosphoric ester groups is 1. The highest BCUT2D eigenvalue weighted by atomic mass is 31.3. The van der Waals surface area contributed by atoms with E-state index < -0.39 is 78.7 Å². The molecule has 3 rings (SSSR count). The molecule has 41 heavy (non-hydrogen) atoms. The number of aliphatic hydroxyl groups is 3. The van der Waals surface area contributed by atoms with Crippen LogP contribution in [0.25, 0.3) is 11.2 Å². The monoisotopic (exact) mass is 651 g/mol. The maximum atomic E-state index is 12.2. The van der Waals surface area contributed by atoms with Crippen LogP contribution in [-0.2, 0) is 36.4 Å². The molecule has 1 aliphatic rings. The first-order valence-corrected chi connectivity index (χ1v) is 15.4. The summed E-state index contributed by atoms with van der Waals surface area (Å²) in [6.45, 7) is 0.181. The Hall–Kier alpha value is -2.30. The van der Waals surface area contributed by atoms with Crippen molar-refractivity contribution in [2.45, 2.75) is 43.6 Å². The molecular weight excluding hydrogens is 627 g/mol. The van der Waals surface area contributed by atoms with Gasteiger partial charge in [0.25, 0.3) is 0 Å². The van der Waals surface area contributed by atoms with E-state index in [1.807, 2.05) is 5.32 Å². The van der Waals surface area contributed by atoms with Crippen molar-refractivity contribution in [2.24, 2.45) is 5.73 Å². The van der Waals surface area contributed by atoms with E-state index >= 15 is 0 Å². The quantitative estimate of drug-likeness (QED) is 0.109. The molecule has 11 N–H and O–H groups in total. The van der Waals surface area contributed by atoms with Crippen LogP contribution in [0, 0.1) is 0 Å². The first kappa shape index (κ1) is 33.2. The molecule has 230 valence electrons. The number of ether oxygens (including phenoxy) is 1. The molecule has 2 unspecified atom stereocenters. The summed E-state index contributed by atoms with van der Waals surface area (Å²) in [4.78, 5) is 71.8. The number of carbonyl (C=O) groups excluding carboxylic acids is 2. The Balaban J connectivity index is 1.70. The Kier molecular flexibility index (Phi) is 10.1. The van der Waals surface area contributed by atoms with Gasteiger partial charge >= 0.3 is 29.5 Å². The summed E-state index contributed by atoms with van der Waals surface area (Å²) in [6, 6.07) is -2.48.